The number of nitroso groups, excluding NO2 is 1. The molecule has 0 saturated carbocycles. The minimum absolute atomic E-state index is 0.294. The third kappa shape index (κ3) is 5.36. The Bertz CT molecular complexity index is 223. The van der Waals surface area contributed by atoms with Crippen molar-refractivity contribution < 1.29 is 14.7 Å². The fourth-order valence-electron chi connectivity index (χ4n) is 0.725. The largest absolute Gasteiger partial charge is 0.480 e. The highest BCUT2D eigenvalue weighted by Gasteiger charge is 2.18. The number of hydrogen-bond donors (Lipinski definition) is 3. The summed E-state index contributed by atoms with van der Waals surface area (Å²) < 4.78 is 0. The summed E-state index contributed by atoms with van der Waals surface area (Å²) in [5, 5.41) is 12.9. The molecule has 0 aliphatic carbocycles. The highest BCUT2D eigenvalue weighted by atomic mass is 32.2. The minimum atomic E-state index is -1.14. The van der Waals surface area contributed by atoms with Gasteiger partial charge in [-0.25, -0.2) is 9.59 Å². The predicted molar refractivity (Wildman–Crippen MR) is 51.9 cm³/mol. The van der Waals surface area contributed by atoms with E-state index in [9.17, 15) is 14.5 Å². The van der Waals surface area contributed by atoms with Crippen LogP contribution in [0.3, 0.4) is 0 Å². The summed E-state index contributed by atoms with van der Waals surface area (Å²) >= 11 is 1.47. The van der Waals surface area contributed by atoms with E-state index in [1.807, 2.05) is 6.26 Å². The SMILES string of the molecule is CSCCC(NC(=O)NN=O)C(=O)O. The highest BCUT2D eigenvalue weighted by molar-refractivity contribution is 7.98. The van der Waals surface area contributed by atoms with Crippen LogP contribution in [0, 0.1) is 4.91 Å². The van der Waals surface area contributed by atoms with E-state index in [1.54, 1.807) is 5.43 Å². The standard InChI is InChI=1S/C6H11N3O4S/c1-14-3-2-4(5(10)11)7-6(12)8-9-13/h4H,2-3H2,1H3,(H,10,11)(H2,7,8,12,13). The van der Waals surface area contributed by atoms with E-state index >= 15 is 0 Å². The van der Waals surface area contributed by atoms with Gasteiger partial charge in [0, 0.05) is 0 Å². The van der Waals surface area contributed by atoms with Crippen molar-refractivity contribution in [3.8, 4) is 0 Å². The quantitative estimate of drug-likeness (QED) is 0.438. The Balaban J connectivity index is 4.01. The minimum Gasteiger partial charge on any atom is -0.480 e. The normalized spacial score (nSPS) is 11.5. The molecule has 1 unspecified atom stereocenters. The molecule has 0 aliphatic heterocycles. The maximum absolute atomic E-state index is 10.7. The summed E-state index contributed by atoms with van der Waals surface area (Å²) in [6, 6.07) is -1.90. The van der Waals surface area contributed by atoms with Crippen molar-refractivity contribution in [2.75, 3.05) is 12.0 Å². The Labute approximate surface area is 84.6 Å². The number of nitrogens with zero attached hydrogens (tertiary/aromatic N) is 1. The molecule has 0 spiro atoms. The summed E-state index contributed by atoms with van der Waals surface area (Å²) in [6.45, 7) is 0. The molecule has 0 fully saturated rings. The lowest BCUT2D eigenvalue weighted by Gasteiger charge is -2.12. The van der Waals surface area contributed by atoms with E-state index < -0.39 is 18.0 Å². The van der Waals surface area contributed by atoms with Crippen molar-refractivity contribution in [1.29, 1.82) is 0 Å². The molecular weight excluding hydrogens is 210 g/mol. The van der Waals surface area contributed by atoms with Crippen molar-refractivity contribution in [2.24, 2.45) is 5.29 Å². The van der Waals surface area contributed by atoms with Gasteiger partial charge in [0.25, 0.3) is 0 Å². The van der Waals surface area contributed by atoms with Crippen LogP contribution in [0.2, 0.25) is 0 Å². The van der Waals surface area contributed by atoms with Crippen molar-refractivity contribution in [3.05, 3.63) is 4.91 Å². The van der Waals surface area contributed by atoms with Gasteiger partial charge in [-0.15, -0.1) is 4.91 Å². The van der Waals surface area contributed by atoms with Crippen LogP contribution in [0.15, 0.2) is 5.29 Å². The molecule has 0 bridgehead atoms. The number of thioether (sulfide) groups is 1. The number of hydrogen-bond acceptors (Lipinski definition) is 5. The van der Waals surface area contributed by atoms with Crippen LogP contribution in [-0.4, -0.2) is 35.2 Å². The average Bonchev–Trinajstić information content (AvgIpc) is 2.12. The maximum Gasteiger partial charge on any atom is 0.338 e. The lowest BCUT2D eigenvalue weighted by atomic mass is 10.2. The number of carbonyl (C=O) groups is 2. The number of amides is 2. The molecule has 0 aromatic carbocycles. The van der Waals surface area contributed by atoms with Crippen LogP contribution in [0.25, 0.3) is 0 Å². The van der Waals surface area contributed by atoms with E-state index in [2.05, 4.69) is 10.6 Å². The van der Waals surface area contributed by atoms with Crippen LogP contribution in [0.5, 0.6) is 0 Å². The Kier molecular flexibility index (Phi) is 6.46. The molecule has 0 aliphatic rings. The molecule has 2 amide bonds. The van der Waals surface area contributed by atoms with Crippen LogP contribution >= 0.6 is 11.8 Å². The monoisotopic (exact) mass is 221 g/mol. The summed E-state index contributed by atoms with van der Waals surface area (Å²) in [5.41, 5.74) is 1.56. The van der Waals surface area contributed by atoms with Crippen LogP contribution < -0.4 is 10.7 Å². The van der Waals surface area contributed by atoms with Gasteiger partial charge in [-0.05, 0) is 18.4 Å². The van der Waals surface area contributed by atoms with Gasteiger partial charge < -0.3 is 10.4 Å². The van der Waals surface area contributed by atoms with Gasteiger partial charge in [0.1, 0.15) is 6.04 Å². The maximum atomic E-state index is 10.7. The Morgan fingerprint density at radius 2 is 2.21 bits per heavy atom. The Morgan fingerprint density at radius 3 is 2.64 bits per heavy atom. The smallest absolute Gasteiger partial charge is 0.338 e. The lowest BCUT2D eigenvalue weighted by molar-refractivity contribution is -0.139. The number of aliphatic carboxylic acids is 1. The van der Waals surface area contributed by atoms with Gasteiger partial charge in [0.15, 0.2) is 0 Å². The van der Waals surface area contributed by atoms with Crippen LogP contribution in [0.1, 0.15) is 6.42 Å². The molecule has 0 heterocycles. The Hall–Kier alpha value is -1.31. The van der Waals surface area contributed by atoms with Gasteiger partial charge in [-0.2, -0.15) is 17.2 Å². The summed E-state index contributed by atoms with van der Waals surface area (Å²) in [5.74, 6) is -0.536. The van der Waals surface area contributed by atoms with Crippen LogP contribution in [-0.2, 0) is 4.79 Å². The zero-order chi connectivity index (χ0) is 11.0. The number of carbonyl (C=O) groups excluding carboxylic acids is 1. The lowest BCUT2D eigenvalue weighted by Crippen LogP contribution is -2.44. The van der Waals surface area contributed by atoms with Gasteiger partial charge in [0.2, 0.25) is 0 Å². The molecule has 1 atom stereocenters. The Morgan fingerprint density at radius 1 is 1.57 bits per heavy atom. The van der Waals surface area contributed by atoms with Gasteiger partial charge >= 0.3 is 12.0 Å². The topological polar surface area (TPSA) is 108 Å². The molecule has 0 aromatic heterocycles. The number of carboxylic acid groups (broad SMARTS) is 1. The van der Waals surface area contributed by atoms with E-state index in [1.165, 1.54) is 11.8 Å². The number of nitrogens with one attached hydrogen (secondary N) is 2. The molecule has 14 heavy (non-hydrogen) atoms. The first-order chi connectivity index (χ1) is 6.61. The summed E-state index contributed by atoms with van der Waals surface area (Å²) in [4.78, 5) is 30.9. The first-order valence-electron chi connectivity index (χ1n) is 3.72. The second-order valence-corrected chi connectivity index (χ2v) is 3.33. The molecule has 80 valence electrons. The van der Waals surface area contributed by atoms with Crippen molar-refractivity contribution >= 4 is 23.8 Å². The molecule has 0 saturated heterocycles. The van der Waals surface area contributed by atoms with Gasteiger partial charge in [-0.1, -0.05) is 0 Å². The third-order valence-corrected chi connectivity index (χ3v) is 2.01. The zero-order valence-electron chi connectivity index (χ0n) is 7.52. The third-order valence-electron chi connectivity index (χ3n) is 1.36. The van der Waals surface area contributed by atoms with Crippen molar-refractivity contribution in [1.82, 2.24) is 10.7 Å². The highest BCUT2D eigenvalue weighted by Crippen LogP contribution is 2.00. The summed E-state index contributed by atoms with van der Waals surface area (Å²) in [6.07, 6.45) is 2.12. The van der Waals surface area contributed by atoms with Crippen molar-refractivity contribution in [3.63, 3.8) is 0 Å². The first kappa shape index (κ1) is 12.7. The average molecular weight is 221 g/mol. The molecule has 0 aromatic rings. The van der Waals surface area contributed by atoms with E-state index in [0.29, 0.717) is 12.2 Å². The first-order valence-corrected chi connectivity index (χ1v) is 5.11. The molecule has 7 nitrogen and oxygen atoms in total. The van der Waals surface area contributed by atoms with E-state index in [-0.39, 0.29) is 0 Å². The zero-order valence-corrected chi connectivity index (χ0v) is 8.34. The fraction of sp³-hybridized carbons (Fsp3) is 0.667. The summed E-state index contributed by atoms with van der Waals surface area (Å²) in [7, 11) is 0. The fourth-order valence-corrected chi connectivity index (χ4v) is 1.20. The number of carboxylic acids is 1. The molecule has 8 heteroatoms. The number of urea groups is 1. The van der Waals surface area contributed by atoms with Crippen LogP contribution in [0.4, 0.5) is 4.79 Å². The second-order valence-electron chi connectivity index (χ2n) is 2.35. The van der Waals surface area contributed by atoms with E-state index in [4.69, 9.17) is 5.11 Å². The number of rotatable bonds is 6. The molecule has 0 radical (unpaired) electrons. The van der Waals surface area contributed by atoms with Gasteiger partial charge in [-0.3, -0.25) is 0 Å². The predicted octanol–water partition coefficient (Wildman–Crippen LogP) is 0.173. The van der Waals surface area contributed by atoms with Gasteiger partial charge in [0.05, 0.1) is 5.29 Å². The molecular formula is C6H11N3O4S. The second kappa shape index (κ2) is 7.13. The van der Waals surface area contributed by atoms with Crippen molar-refractivity contribution in [2.45, 2.75) is 12.5 Å². The molecule has 3 N–H and O–H groups in total. The van der Waals surface area contributed by atoms with E-state index in [0.717, 1.165) is 0 Å². The molecule has 0 rings (SSSR count).